The Labute approximate surface area is 365 Å². The van der Waals surface area contributed by atoms with Crippen molar-refractivity contribution in [2.24, 2.45) is 0 Å². The summed E-state index contributed by atoms with van der Waals surface area (Å²) in [5, 5.41) is 9.68. The van der Waals surface area contributed by atoms with Crippen molar-refractivity contribution in [2.45, 2.75) is 239 Å². The van der Waals surface area contributed by atoms with Gasteiger partial charge in [-0.25, -0.2) is 0 Å². The van der Waals surface area contributed by atoms with Gasteiger partial charge in [-0.15, -0.1) is 0 Å². The van der Waals surface area contributed by atoms with Crippen LogP contribution < -0.4 is 0 Å². The predicted molar refractivity (Wildman–Crippen MR) is 247 cm³/mol. The van der Waals surface area contributed by atoms with Gasteiger partial charge in [-0.05, 0) is 25.7 Å². The smallest absolute Gasteiger partial charge is 0.320 e. The fourth-order valence-electron chi connectivity index (χ4n) is 7.68. The monoisotopic (exact) mass is 839 g/mol. The molecule has 0 aliphatic carbocycles. The van der Waals surface area contributed by atoms with Crippen molar-refractivity contribution in [3.05, 3.63) is 0 Å². The number of unbranched alkanes of at least 4 members (excludes halogenated alkanes) is 30. The minimum atomic E-state index is -0.326. The minimum Gasteiger partial charge on any atom is -0.465 e. The first kappa shape index (κ1) is 57.3. The summed E-state index contributed by atoms with van der Waals surface area (Å²) < 4.78 is 16.7. The van der Waals surface area contributed by atoms with Crippen LogP contribution in [0.2, 0.25) is 0 Å². The topological polar surface area (TPSA) is 106 Å². The van der Waals surface area contributed by atoms with E-state index < -0.39 is 0 Å². The highest BCUT2D eigenvalue weighted by Gasteiger charge is 2.18. The lowest BCUT2D eigenvalue weighted by molar-refractivity contribution is -0.149. The molecular weight excluding hydrogens is 741 g/mol. The first-order chi connectivity index (χ1) is 29.0. The zero-order valence-electron chi connectivity index (χ0n) is 39.4. The van der Waals surface area contributed by atoms with E-state index in [1.165, 1.54) is 173 Å². The van der Waals surface area contributed by atoms with Gasteiger partial charge in [0, 0.05) is 19.6 Å². The number of hydrogen-bond donors (Lipinski definition) is 1. The average molecular weight is 839 g/mol. The van der Waals surface area contributed by atoms with Crippen LogP contribution in [0.25, 0.3) is 0 Å². The predicted octanol–water partition coefficient (Wildman–Crippen LogP) is 12.5. The molecule has 0 saturated carbocycles. The summed E-state index contributed by atoms with van der Waals surface area (Å²) in [5.41, 5.74) is 0. The number of carbonyl (C=O) groups is 3. The summed E-state index contributed by atoms with van der Waals surface area (Å²) in [5.74, 6) is -0.929. The van der Waals surface area contributed by atoms with Crippen LogP contribution in [-0.4, -0.2) is 98.5 Å². The van der Waals surface area contributed by atoms with Gasteiger partial charge in [-0.2, -0.15) is 0 Å². The van der Waals surface area contributed by atoms with Crippen LogP contribution in [0.3, 0.4) is 0 Å². The van der Waals surface area contributed by atoms with E-state index in [9.17, 15) is 19.5 Å². The molecule has 9 heteroatoms. The molecule has 0 saturated heterocycles. The molecule has 1 N–H and O–H groups in total. The summed E-state index contributed by atoms with van der Waals surface area (Å²) >= 11 is 0. The van der Waals surface area contributed by atoms with Crippen LogP contribution >= 0.6 is 0 Å². The SMILES string of the molecule is CCCCCCCCCCCCCOC(=O)CN(CCO)CCCN(CC(=O)OCCCCCCCCCCCCC)CC(=O)OCCCCCCCCCCCCC. The second-order valence-electron chi connectivity index (χ2n) is 17.3. The van der Waals surface area contributed by atoms with E-state index in [0.29, 0.717) is 45.9 Å². The number of nitrogens with zero attached hydrogens (tertiary/aromatic N) is 2. The lowest BCUT2D eigenvalue weighted by Crippen LogP contribution is -2.39. The standard InChI is InChI=1S/C50H98N2O7/c1-4-7-10-13-16-19-22-25-28-31-34-42-57-48(54)45-51(40-41-53)38-37-39-52(46-49(55)58-43-35-32-29-26-23-20-17-14-11-8-5-2)47-50(56)59-44-36-33-30-27-24-21-18-15-12-9-6-3/h53H,4-47H2,1-3H3. The molecular formula is C50H98N2O7. The van der Waals surface area contributed by atoms with Crippen LogP contribution in [-0.2, 0) is 28.6 Å². The van der Waals surface area contributed by atoms with Crippen molar-refractivity contribution in [3.8, 4) is 0 Å². The van der Waals surface area contributed by atoms with E-state index in [4.69, 9.17) is 14.2 Å². The van der Waals surface area contributed by atoms with Crippen molar-refractivity contribution >= 4 is 17.9 Å². The van der Waals surface area contributed by atoms with Crippen molar-refractivity contribution in [2.75, 3.05) is 65.7 Å². The largest absolute Gasteiger partial charge is 0.465 e. The third-order valence-corrected chi connectivity index (χ3v) is 11.5. The molecule has 0 aliphatic rings. The van der Waals surface area contributed by atoms with E-state index >= 15 is 0 Å². The Hall–Kier alpha value is -1.71. The Morgan fingerprint density at radius 2 is 0.559 bits per heavy atom. The second kappa shape index (κ2) is 47.3. The Bertz CT molecular complexity index is 862. The number of ether oxygens (including phenoxy) is 3. The molecule has 0 aromatic carbocycles. The van der Waals surface area contributed by atoms with Gasteiger partial charge in [0.15, 0.2) is 0 Å². The van der Waals surface area contributed by atoms with E-state index in [1.54, 1.807) is 4.90 Å². The number of hydrogen-bond acceptors (Lipinski definition) is 9. The summed E-state index contributed by atoms with van der Waals surface area (Å²) in [7, 11) is 0. The third-order valence-electron chi connectivity index (χ3n) is 11.5. The molecule has 0 rings (SSSR count). The van der Waals surface area contributed by atoms with Crippen LogP contribution in [0.15, 0.2) is 0 Å². The van der Waals surface area contributed by atoms with Crippen LogP contribution in [0.1, 0.15) is 239 Å². The fourth-order valence-corrected chi connectivity index (χ4v) is 7.68. The van der Waals surface area contributed by atoms with Crippen molar-refractivity contribution < 1.29 is 33.7 Å². The first-order valence-corrected chi connectivity index (χ1v) is 25.5. The second-order valence-corrected chi connectivity index (χ2v) is 17.3. The lowest BCUT2D eigenvalue weighted by Gasteiger charge is -2.24. The average Bonchev–Trinajstić information content (AvgIpc) is 3.22. The number of esters is 3. The molecule has 0 radical (unpaired) electrons. The Balaban J connectivity index is 4.59. The van der Waals surface area contributed by atoms with Crippen molar-refractivity contribution in [1.29, 1.82) is 0 Å². The minimum absolute atomic E-state index is 0.0204. The van der Waals surface area contributed by atoms with Crippen molar-refractivity contribution in [3.63, 3.8) is 0 Å². The Morgan fingerprint density at radius 1 is 0.322 bits per heavy atom. The molecule has 0 atom stereocenters. The highest BCUT2D eigenvalue weighted by atomic mass is 16.5. The molecule has 59 heavy (non-hydrogen) atoms. The fraction of sp³-hybridized carbons (Fsp3) is 0.940. The van der Waals surface area contributed by atoms with Gasteiger partial charge in [0.05, 0.1) is 46.1 Å². The quantitative estimate of drug-likeness (QED) is 0.0364. The van der Waals surface area contributed by atoms with E-state index in [2.05, 4.69) is 20.8 Å². The summed E-state index contributed by atoms with van der Waals surface area (Å²) in [4.78, 5) is 42.1. The molecule has 0 aromatic heterocycles. The van der Waals surface area contributed by atoms with E-state index in [0.717, 1.165) is 38.5 Å². The number of rotatable bonds is 48. The maximum atomic E-state index is 12.9. The van der Waals surface area contributed by atoms with Gasteiger partial charge >= 0.3 is 17.9 Å². The number of aliphatic hydroxyl groups excluding tert-OH is 1. The summed E-state index contributed by atoms with van der Waals surface area (Å²) in [6.07, 6.45) is 41.5. The molecule has 0 amide bonds. The highest BCUT2D eigenvalue weighted by Crippen LogP contribution is 2.14. The van der Waals surface area contributed by atoms with E-state index in [-0.39, 0.29) is 44.1 Å². The number of aliphatic hydroxyl groups is 1. The van der Waals surface area contributed by atoms with Gasteiger partial charge in [-0.1, -0.05) is 213 Å². The van der Waals surface area contributed by atoms with Gasteiger partial charge in [0.2, 0.25) is 0 Å². The lowest BCUT2D eigenvalue weighted by atomic mass is 10.1. The van der Waals surface area contributed by atoms with Crippen LogP contribution in [0.5, 0.6) is 0 Å². The Kier molecular flexibility index (Phi) is 46.0. The van der Waals surface area contributed by atoms with Crippen LogP contribution in [0.4, 0.5) is 0 Å². The van der Waals surface area contributed by atoms with Crippen molar-refractivity contribution in [1.82, 2.24) is 9.80 Å². The maximum absolute atomic E-state index is 12.9. The molecule has 0 aromatic rings. The van der Waals surface area contributed by atoms with Gasteiger partial charge in [0.25, 0.3) is 0 Å². The van der Waals surface area contributed by atoms with Gasteiger partial charge < -0.3 is 19.3 Å². The number of carbonyl (C=O) groups excluding carboxylic acids is 3. The highest BCUT2D eigenvalue weighted by molar-refractivity contribution is 5.75. The molecule has 0 fully saturated rings. The molecule has 0 aliphatic heterocycles. The van der Waals surface area contributed by atoms with E-state index in [1.807, 2.05) is 4.90 Å². The van der Waals surface area contributed by atoms with Gasteiger partial charge in [-0.3, -0.25) is 24.2 Å². The zero-order chi connectivity index (χ0) is 43.1. The normalized spacial score (nSPS) is 11.5. The molecule has 350 valence electrons. The molecule has 0 heterocycles. The zero-order valence-corrected chi connectivity index (χ0v) is 39.4. The molecule has 0 bridgehead atoms. The van der Waals surface area contributed by atoms with Gasteiger partial charge in [0.1, 0.15) is 0 Å². The first-order valence-electron chi connectivity index (χ1n) is 25.5. The summed E-state index contributed by atoms with van der Waals surface area (Å²) in [6, 6.07) is 0. The summed E-state index contributed by atoms with van der Waals surface area (Å²) in [6.45, 7) is 9.44. The maximum Gasteiger partial charge on any atom is 0.320 e. The Morgan fingerprint density at radius 3 is 0.831 bits per heavy atom. The third kappa shape index (κ3) is 44.2. The molecule has 0 unspecified atom stereocenters. The molecule has 9 nitrogen and oxygen atoms in total. The van der Waals surface area contributed by atoms with Crippen LogP contribution in [0, 0.1) is 0 Å². The molecule has 0 spiro atoms.